The van der Waals surface area contributed by atoms with Gasteiger partial charge < -0.3 is 14.0 Å². The normalized spacial score (nSPS) is 13.6. The minimum Gasteiger partial charge on any atom is -0.501 e. The SMILES string of the molecule is CC(C)c1cccc(C(C)C)c1-n1c(-c2[c-]ccc3c2oc2ccccc23)nc2ccccc21.[2H]C([2H])([2H])c1c[c-]c(-c2cc(C([2H])([2H])C(C)C)c([Si](C)(C)C)cn2)cc1.[Ir]. The van der Waals surface area contributed by atoms with Crippen molar-refractivity contribution < 1.29 is 31.4 Å². The van der Waals surface area contributed by atoms with Gasteiger partial charge in [-0.25, -0.2) is 0 Å². The molecule has 0 N–H and O–H groups in total. The van der Waals surface area contributed by atoms with Gasteiger partial charge in [0, 0.05) is 44.2 Å². The van der Waals surface area contributed by atoms with Gasteiger partial charge in [-0.15, -0.1) is 53.6 Å². The number of aromatic nitrogens is 3. The predicted molar refractivity (Wildman–Crippen MR) is 236 cm³/mol. The molecule has 0 aliphatic rings. The van der Waals surface area contributed by atoms with Gasteiger partial charge in [0.25, 0.3) is 0 Å². The third-order valence-electron chi connectivity index (χ3n) is 9.93. The van der Waals surface area contributed by atoms with Crippen LogP contribution < -0.4 is 5.19 Å². The number of rotatable bonds is 8. The molecular formula is C50H53IrN3OSi-2. The number of benzene rings is 5. The maximum atomic E-state index is 8.59. The van der Waals surface area contributed by atoms with E-state index in [1.54, 1.807) is 18.3 Å². The summed E-state index contributed by atoms with van der Waals surface area (Å²) in [6.45, 7) is 17.2. The van der Waals surface area contributed by atoms with Crippen molar-refractivity contribution in [2.75, 3.05) is 0 Å². The van der Waals surface area contributed by atoms with Crippen LogP contribution in [0.25, 0.3) is 61.3 Å². The summed E-state index contributed by atoms with van der Waals surface area (Å²) in [5.41, 5.74) is 10.7. The summed E-state index contributed by atoms with van der Waals surface area (Å²) in [4.78, 5) is 9.69. The summed E-state index contributed by atoms with van der Waals surface area (Å²) in [7, 11) is -1.78. The average molecular weight is 937 g/mol. The van der Waals surface area contributed by atoms with Crippen molar-refractivity contribution in [1.29, 1.82) is 0 Å². The Labute approximate surface area is 354 Å². The fourth-order valence-electron chi connectivity index (χ4n) is 7.26. The number of imidazole rings is 1. The molecule has 3 aromatic heterocycles. The monoisotopic (exact) mass is 937 g/mol. The molecule has 0 saturated heterocycles. The minimum atomic E-state index is -2.16. The molecule has 0 atom stereocenters. The molecule has 0 amide bonds. The number of fused-ring (bicyclic) bond motifs is 4. The van der Waals surface area contributed by atoms with Crippen molar-refractivity contribution >= 4 is 46.2 Å². The van der Waals surface area contributed by atoms with E-state index in [0.29, 0.717) is 28.7 Å². The molecule has 0 aliphatic heterocycles. The summed E-state index contributed by atoms with van der Waals surface area (Å²) in [5.74, 6) is 1.43. The van der Waals surface area contributed by atoms with Crippen LogP contribution in [-0.2, 0) is 26.5 Å². The van der Waals surface area contributed by atoms with Crippen LogP contribution in [0.1, 0.15) is 82.5 Å². The Hall–Kier alpha value is -4.61. The summed E-state index contributed by atoms with van der Waals surface area (Å²) < 4.78 is 48.3. The maximum Gasteiger partial charge on any atom is 0.120 e. The molecule has 6 heteroatoms. The molecule has 0 saturated carbocycles. The Kier molecular flexibility index (Phi) is 10.4. The van der Waals surface area contributed by atoms with Crippen LogP contribution in [0.2, 0.25) is 19.6 Å². The Morgan fingerprint density at radius 2 is 1.54 bits per heavy atom. The van der Waals surface area contributed by atoms with Gasteiger partial charge >= 0.3 is 0 Å². The first-order valence-corrected chi connectivity index (χ1v) is 22.8. The van der Waals surface area contributed by atoms with Crippen LogP contribution >= 0.6 is 0 Å². The second kappa shape index (κ2) is 16.9. The molecular weight excluding hydrogens is 879 g/mol. The van der Waals surface area contributed by atoms with Gasteiger partial charge in [-0.3, -0.25) is 4.98 Å². The fraction of sp³-hybridized carbons (Fsp3) is 0.280. The molecule has 3 heterocycles. The zero-order valence-corrected chi connectivity index (χ0v) is 37.1. The van der Waals surface area contributed by atoms with Gasteiger partial charge in [0.2, 0.25) is 0 Å². The molecule has 0 aliphatic carbocycles. The molecule has 5 aromatic carbocycles. The zero-order valence-electron chi connectivity index (χ0n) is 38.7. The minimum absolute atomic E-state index is 0. The smallest absolute Gasteiger partial charge is 0.120 e. The van der Waals surface area contributed by atoms with Crippen LogP contribution in [-0.4, -0.2) is 22.6 Å². The molecule has 0 spiro atoms. The van der Waals surface area contributed by atoms with Gasteiger partial charge in [0.1, 0.15) is 5.58 Å². The van der Waals surface area contributed by atoms with E-state index in [4.69, 9.17) is 16.3 Å². The van der Waals surface area contributed by atoms with Crippen molar-refractivity contribution in [1.82, 2.24) is 14.5 Å². The maximum absolute atomic E-state index is 8.59. The summed E-state index contributed by atoms with van der Waals surface area (Å²) >= 11 is 0. The summed E-state index contributed by atoms with van der Waals surface area (Å²) in [6.07, 6.45) is 0.328. The number of nitrogens with zero attached hydrogens (tertiary/aromatic N) is 3. The topological polar surface area (TPSA) is 43.9 Å². The molecule has 1 radical (unpaired) electrons. The van der Waals surface area contributed by atoms with Gasteiger partial charge in [-0.1, -0.05) is 139 Å². The van der Waals surface area contributed by atoms with Crippen LogP contribution in [0.3, 0.4) is 0 Å². The first kappa shape index (κ1) is 34.6. The van der Waals surface area contributed by atoms with E-state index in [0.717, 1.165) is 49.5 Å². The summed E-state index contributed by atoms with van der Waals surface area (Å²) in [6, 6.07) is 40.3. The largest absolute Gasteiger partial charge is 0.501 e. The van der Waals surface area contributed by atoms with E-state index in [9.17, 15) is 0 Å². The molecule has 4 nitrogen and oxygen atoms in total. The third-order valence-corrected chi connectivity index (χ3v) is 11.9. The first-order chi connectivity index (χ1) is 28.3. The number of aryl methyl sites for hydroxylation is 1. The molecule has 0 fully saturated rings. The van der Waals surface area contributed by atoms with Crippen LogP contribution in [0.5, 0.6) is 0 Å². The second-order valence-corrected chi connectivity index (χ2v) is 21.2. The van der Waals surface area contributed by atoms with Crippen LogP contribution in [0, 0.1) is 24.9 Å². The quantitative estimate of drug-likeness (QED) is 0.113. The Morgan fingerprint density at radius 1 is 0.821 bits per heavy atom. The predicted octanol–water partition coefficient (Wildman–Crippen LogP) is 13.2. The van der Waals surface area contributed by atoms with E-state index in [-0.39, 0.29) is 31.6 Å². The number of furan rings is 1. The van der Waals surface area contributed by atoms with E-state index in [1.807, 2.05) is 44.2 Å². The van der Waals surface area contributed by atoms with Gasteiger partial charge in [-0.05, 0) is 64.3 Å². The van der Waals surface area contributed by atoms with Gasteiger partial charge in [0.05, 0.1) is 30.5 Å². The van der Waals surface area contributed by atoms with E-state index in [1.165, 1.54) is 22.9 Å². The number of hydrogen-bond acceptors (Lipinski definition) is 3. The van der Waals surface area contributed by atoms with Crippen molar-refractivity contribution in [3.8, 4) is 28.3 Å². The molecule has 8 aromatic rings. The fourth-order valence-corrected chi connectivity index (χ4v) is 8.67. The molecule has 0 unspecified atom stereocenters. The molecule has 289 valence electrons. The zero-order chi connectivity index (χ0) is 43.3. The Bertz CT molecular complexity index is 2790. The van der Waals surface area contributed by atoms with E-state index < -0.39 is 21.3 Å². The number of para-hydroxylation sites is 4. The van der Waals surface area contributed by atoms with Crippen LogP contribution in [0.15, 0.2) is 114 Å². The number of pyridine rings is 1. The van der Waals surface area contributed by atoms with Crippen molar-refractivity contribution in [3.63, 3.8) is 0 Å². The average Bonchev–Trinajstić information content (AvgIpc) is 3.79. The van der Waals surface area contributed by atoms with E-state index >= 15 is 0 Å². The van der Waals surface area contributed by atoms with Crippen molar-refractivity contribution in [2.24, 2.45) is 5.92 Å². The standard InChI is InChI=1S/C31H27N2O.C19H26NSi.Ir/c1-19(2)21-12-9-13-22(20(3)4)29(21)33-27-17-7-6-16-26(27)32-31(33)25-15-10-14-24-23-11-5-8-18-28(23)34-30(24)25;1-14(2)11-17-12-18(16-9-7-15(3)8-10-16)20-13-19(17)21(4,5)6;/h5-14,16-20H,1-4H3;7-9,12-14H,11H2,1-6H3;/q2*-1;/i;3D3,11D2;. The number of hydrogen-bond donors (Lipinski definition) is 0. The molecule has 56 heavy (non-hydrogen) atoms. The van der Waals surface area contributed by atoms with Gasteiger partial charge in [-0.2, -0.15) is 0 Å². The molecule has 8 rings (SSSR count). The summed E-state index contributed by atoms with van der Waals surface area (Å²) in [5, 5.41) is 3.21. The van der Waals surface area contributed by atoms with Crippen LogP contribution in [0.4, 0.5) is 0 Å². The third kappa shape index (κ3) is 8.25. The van der Waals surface area contributed by atoms with Gasteiger partial charge in [0.15, 0.2) is 0 Å². The first-order valence-electron chi connectivity index (χ1n) is 21.8. The van der Waals surface area contributed by atoms with Crippen molar-refractivity contribution in [2.45, 2.75) is 86.2 Å². The van der Waals surface area contributed by atoms with Crippen molar-refractivity contribution in [3.05, 3.63) is 144 Å². The Morgan fingerprint density at radius 3 is 2.20 bits per heavy atom. The van der Waals surface area contributed by atoms with E-state index in [2.05, 4.69) is 124 Å². The second-order valence-electron chi connectivity index (χ2n) is 16.2. The molecule has 0 bridgehead atoms. The Balaban J connectivity index is 0.000000209.